The van der Waals surface area contributed by atoms with Gasteiger partial charge in [0.25, 0.3) is 0 Å². The molecule has 0 spiro atoms. The third kappa shape index (κ3) is 2.90. The van der Waals surface area contributed by atoms with Crippen LogP contribution in [0.1, 0.15) is 24.8 Å². The molecule has 0 aliphatic carbocycles. The monoisotopic (exact) mass is 343 g/mol. The summed E-state index contributed by atoms with van der Waals surface area (Å²) in [5, 5.41) is 9.60. The van der Waals surface area contributed by atoms with Crippen molar-refractivity contribution >= 4 is 35.2 Å². The summed E-state index contributed by atoms with van der Waals surface area (Å²) in [7, 11) is 1.29. The highest BCUT2D eigenvalue weighted by atomic mass is 35.5. The lowest BCUT2D eigenvalue weighted by molar-refractivity contribution is -0.152. The van der Waals surface area contributed by atoms with Crippen LogP contribution < -0.4 is 0 Å². The van der Waals surface area contributed by atoms with E-state index in [2.05, 4.69) is 0 Å². The minimum atomic E-state index is -0.765. The van der Waals surface area contributed by atoms with Gasteiger partial charge in [-0.3, -0.25) is 4.79 Å². The van der Waals surface area contributed by atoms with Gasteiger partial charge in [0.05, 0.1) is 7.11 Å². The van der Waals surface area contributed by atoms with Crippen molar-refractivity contribution in [1.82, 2.24) is 4.90 Å². The zero-order valence-electron chi connectivity index (χ0n) is 12.6. The Kier molecular flexibility index (Phi) is 4.92. The second-order valence-corrected chi connectivity index (χ2v) is 7.49. The van der Waals surface area contributed by atoms with Crippen LogP contribution in [0.4, 0.5) is 0 Å². The first-order valence-corrected chi connectivity index (χ1v) is 8.15. The zero-order chi connectivity index (χ0) is 16.5. The maximum atomic E-state index is 12.3. The molecule has 1 saturated heterocycles. The van der Waals surface area contributed by atoms with Gasteiger partial charge in [0.15, 0.2) is 0 Å². The molecule has 0 saturated carbocycles. The van der Waals surface area contributed by atoms with Crippen LogP contribution in [0.5, 0.6) is 5.75 Å². The van der Waals surface area contributed by atoms with E-state index in [1.165, 1.54) is 23.8 Å². The molecule has 1 amide bonds. The van der Waals surface area contributed by atoms with Crippen molar-refractivity contribution in [2.75, 3.05) is 13.0 Å². The van der Waals surface area contributed by atoms with Crippen LogP contribution in [0.15, 0.2) is 24.3 Å². The number of aromatic hydroxyl groups is 1. The van der Waals surface area contributed by atoms with Crippen LogP contribution in [0.25, 0.3) is 0 Å². The molecule has 1 aliphatic rings. The van der Waals surface area contributed by atoms with Crippen molar-refractivity contribution in [1.29, 1.82) is 0 Å². The molecule has 1 aliphatic heterocycles. The van der Waals surface area contributed by atoms with E-state index in [9.17, 15) is 14.7 Å². The topological polar surface area (TPSA) is 66.8 Å². The molecule has 7 heteroatoms. The Hall–Kier alpha value is -1.40. The van der Waals surface area contributed by atoms with Gasteiger partial charge in [0.2, 0.25) is 5.91 Å². The summed E-state index contributed by atoms with van der Waals surface area (Å²) >= 11 is 7.14. The fraction of sp³-hybridized carbons (Fsp3) is 0.467. The predicted octanol–water partition coefficient (Wildman–Crippen LogP) is 2.53. The minimum Gasteiger partial charge on any atom is -0.508 e. The normalized spacial score (nSPS) is 23.4. The van der Waals surface area contributed by atoms with E-state index < -0.39 is 22.1 Å². The molecule has 1 N–H and O–H groups in total. The molecule has 1 heterocycles. The van der Waals surface area contributed by atoms with E-state index in [0.717, 1.165) is 0 Å². The van der Waals surface area contributed by atoms with Gasteiger partial charge in [0.1, 0.15) is 23.0 Å². The van der Waals surface area contributed by atoms with Crippen molar-refractivity contribution in [3.8, 4) is 5.75 Å². The summed E-state index contributed by atoms with van der Waals surface area (Å²) in [6.45, 7) is 3.74. The SMILES string of the molecule is COC(=O)[C@@H]1N(C(=O)CCl)[C@H](c2ccccc2O)SC1(C)C. The Morgan fingerprint density at radius 1 is 1.41 bits per heavy atom. The Labute approximate surface area is 138 Å². The van der Waals surface area contributed by atoms with Crippen molar-refractivity contribution in [2.45, 2.75) is 30.0 Å². The molecular formula is C15H18ClNO4S. The van der Waals surface area contributed by atoms with Gasteiger partial charge < -0.3 is 14.7 Å². The quantitative estimate of drug-likeness (QED) is 0.674. The lowest BCUT2D eigenvalue weighted by Gasteiger charge is -2.30. The fourth-order valence-electron chi connectivity index (χ4n) is 2.64. The average Bonchev–Trinajstić information content (AvgIpc) is 2.77. The maximum absolute atomic E-state index is 12.3. The van der Waals surface area contributed by atoms with Gasteiger partial charge in [-0.05, 0) is 19.9 Å². The summed E-state index contributed by atoms with van der Waals surface area (Å²) in [5.41, 5.74) is 0.574. The van der Waals surface area contributed by atoms with Crippen molar-refractivity contribution in [3.05, 3.63) is 29.8 Å². The largest absolute Gasteiger partial charge is 0.508 e. The molecular weight excluding hydrogens is 326 g/mol. The number of halogens is 1. The van der Waals surface area contributed by atoms with Crippen LogP contribution in [0, 0.1) is 0 Å². The molecule has 120 valence electrons. The molecule has 1 aromatic carbocycles. The van der Waals surface area contributed by atoms with E-state index in [0.29, 0.717) is 5.56 Å². The Balaban J connectivity index is 2.52. The summed E-state index contributed by atoms with van der Waals surface area (Å²) in [6, 6.07) is 6.00. The standard InChI is InChI=1S/C15H18ClNO4S/c1-15(2)12(14(20)21-3)17(11(19)8-16)13(22-15)9-6-4-5-7-10(9)18/h4-7,12-13,18H,8H2,1-3H3/t12-,13-/m0/s1. The molecule has 0 bridgehead atoms. The first-order valence-electron chi connectivity index (χ1n) is 6.74. The highest BCUT2D eigenvalue weighted by molar-refractivity contribution is 8.01. The number of ether oxygens (including phenoxy) is 1. The summed E-state index contributed by atoms with van der Waals surface area (Å²) < 4.78 is 4.29. The van der Waals surface area contributed by atoms with Crippen LogP contribution in [-0.2, 0) is 14.3 Å². The van der Waals surface area contributed by atoms with Gasteiger partial charge in [0, 0.05) is 10.3 Å². The zero-order valence-corrected chi connectivity index (χ0v) is 14.1. The summed E-state index contributed by atoms with van der Waals surface area (Å²) in [4.78, 5) is 25.9. The molecule has 0 radical (unpaired) electrons. The molecule has 22 heavy (non-hydrogen) atoms. The van der Waals surface area contributed by atoms with Crippen molar-refractivity contribution in [3.63, 3.8) is 0 Å². The number of carbonyl (C=O) groups is 2. The highest BCUT2D eigenvalue weighted by Crippen LogP contribution is 2.54. The number of rotatable bonds is 3. The van der Waals surface area contributed by atoms with Gasteiger partial charge in [-0.2, -0.15) is 0 Å². The Morgan fingerprint density at radius 3 is 2.59 bits per heavy atom. The maximum Gasteiger partial charge on any atom is 0.330 e. The first-order chi connectivity index (χ1) is 10.3. The molecule has 1 aromatic rings. The number of nitrogens with zero attached hydrogens (tertiary/aromatic N) is 1. The third-order valence-electron chi connectivity index (χ3n) is 3.63. The number of para-hydroxylation sites is 1. The van der Waals surface area contributed by atoms with Crippen molar-refractivity contribution in [2.24, 2.45) is 0 Å². The molecule has 0 aromatic heterocycles. The number of hydrogen-bond donors (Lipinski definition) is 1. The number of alkyl halides is 1. The fourth-order valence-corrected chi connectivity index (χ4v) is 4.37. The smallest absolute Gasteiger partial charge is 0.330 e. The molecule has 2 rings (SSSR count). The molecule has 2 atom stereocenters. The third-order valence-corrected chi connectivity index (χ3v) is 5.40. The van der Waals surface area contributed by atoms with Crippen LogP contribution in [0.3, 0.4) is 0 Å². The number of thioether (sulfide) groups is 1. The molecule has 0 unspecified atom stereocenters. The Morgan fingerprint density at radius 2 is 2.05 bits per heavy atom. The number of phenolic OH excluding ortho intramolecular Hbond substituents is 1. The van der Waals surface area contributed by atoms with Crippen LogP contribution >= 0.6 is 23.4 Å². The number of methoxy groups -OCH3 is 1. The number of esters is 1. The lowest BCUT2D eigenvalue weighted by atomic mass is 10.0. The van der Waals surface area contributed by atoms with Crippen LogP contribution in [0.2, 0.25) is 0 Å². The van der Waals surface area contributed by atoms with E-state index in [1.54, 1.807) is 24.3 Å². The highest BCUT2D eigenvalue weighted by Gasteiger charge is 2.54. The number of phenols is 1. The van der Waals surface area contributed by atoms with E-state index >= 15 is 0 Å². The molecule has 5 nitrogen and oxygen atoms in total. The van der Waals surface area contributed by atoms with Gasteiger partial charge in [-0.15, -0.1) is 23.4 Å². The van der Waals surface area contributed by atoms with Gasteiger partial charge in [-0.25, -0.2) is 4.79 Å². The van der Waals surface area contributed by atoms with Gasteiger partial charge in [-0.1, -0.05) is 18.2 Å². The van der Waals surface area contributed by atoms with Crippen LogP contribution in [-0.4, -0.2) is 45.7 Å². The van der Waals surface area contributed by atoms with Gasteiger partial charge >= 0.3 is 5.97 Å². The summed E-state index contributed by atoms with van der Waals surface area (Å²) in [6.07, 6.45) is 0. The molecule has 1 fully saturated rings. The van der Waals surface area contributed by atoms with E-state index in [-0.39, 0.29) is 17.5 Å². The number of benzene rings is 1. The number of amides is 1. The second-order valence-electron chi connectivity index (χ2n) is 5.49. The van der Waals surface area contributed by atoms with E-state index in [1.807, 2.05) is 13.8 Å². The lowest BCUT2D eigenvalue weighted by Crippen LogP contribution is -2.50. The number of carbonyl (C=O) groups excluding carboxylic acids is 2. The van der Waals surface area contributed by atoms with Crippen molar-refractivity contribution < 1.29 is 19.4 Å². The predicted molar refractivity (Wildman–Crippen MR) is 85.9 cm³/mol. The summed E-state index contributed by atoms with van der Waals surface area (Å²) in [5.74, 6) is -1.03. The second kappa shape index (κ2) is 6.38. The first kappa shape index (κ1) is 17.0. The van der Waals surface area contributed by atoms with E-state index in [4.69, 9.17) is 16.3 Å². The number of hydrogen-bond acceptors (Lipinski definition) is 5. The minimum absolute atomic E-state index is 0.0775. The Bertz CT molecular complexity index is 593. The average molecular weight is 344 g/mol.